The molecule has 4 atom stereocenters. The molecule has 2 amide bonds. The summed E-state index contributed by atoms with van der Waals surface area (Å²) in [5, 5.41) is 10.0. The Labute approximate surface area is 270 Å². The van der Waals surface area contributed by atoms with Gasteiger partial charge < -0.3 is 28.9 Å². The number of amides is 2. The predicted octanol–water partition coefficient (Wildman–Crippen LogP) is 3.18. The van der Waals surface area contributed by atoms with E-state index in [-0.39, 0.29) is 53.9 Å². The summed E-state index contributed by atoms with van der Waals surface area (Å²) in [7, 11) is -0.645. The lowest BCUT2D eigenvalue weighted by molar-refractivity contribution is -0.0149. The molecule has 13 nitrogen and oxygen atoms in total. The largest absolute Gasteiger partial charge is 0.490 e. The minimum Gasteiger partial charge on any atom is -0.490 e. The van der Waals surface area contributed by atoms with Gasteiger partial charge in [-0.2, -0.15) is 8.42 Å². The Kier molecular flexibility index (Phi) is 11.8. The number of aryl methyl sites for hydroxylation is 1. The van der Waals surface area contributed by atoms with Crippen LogP contribution in [0.2, 0.25) is 0 Å². The summed E-state index contributed by atoms with van der Waals surface area (Å²) in [6.45, 7) is 6.25. The highest BCUT2D eigenvalue weighted by atomic mass is 32.2. The third-order valence-corrected chi connectivity index (χ3v) is 9.25. The van der Waals surface area contributed by atoms with Crippen LogP contribution in [0.25, 0.3) is 0 Å². The number of aliphatic hydroxyl groups excluding tert-OH is 1. The van der Waals surface area contributed by atoms with Crippen molar-refractivity contribution >= 4 is 27.5 Å². The fourth-order valence-corrected chi connectivity index (χ4v) is 6.28. The molecule has 14 heteroatoms. The number of hydrogen-bond donors (Lipinski definition) is 2. The summed E-state index contributed by atoms with van der Waals surface area (Å²) in [6, 6.07) is 7.32. The molecule has 0 fully saturated rings. The minimum absolute atomic E-state index is 0.153. The van der Waals surface area contributed by atoms with E-state index in [1.165, 1.54) is 23.2 Å². The number of pyridine rings is 1. The van der Waals surface area contributed by atoms with Gasteiger partial charge in [0.25, 0.3) is 21.8 Å². The molecular weight excluding hydrogens is 612 g/mol. The van der Waals surface area contributed by atoms with Gasteiger partial charge in [-0.05, 0) is 63.4 Å². The maximum atomic E-state index is 14.3. The zero-order chi connectivity index (χ0) is 33.4. The number of likely N-dealkylation sites (N-methyl/N-ethyl adjacent to an activating group) is 1. The van der Waals surface area contributed by atoms with Crippen molar-refractivity contribution in [1.29, 1.82) is 0 Å². The van der Waals surface area contributed by atoms with E-state index < -0.39 is 28.1 Å². The number of aromatic nitrogens is 3. The molecule has 0 saturated heterocycles. The van der Waals surface area contributed by atoms with Crippen LogP contribution in [0.3, 0.4) is 0 Å². The quantitative estimate of drug-likeness (QED) is 0.372. The SMILES string of the molecule is C[C@@H]1CCCCO[C@H](CN(C)C(=O)c2ccncc2)[C@@H](C)CN([C@H](C)CO)C(=O)c2cc(NS(=O)(=O)c3cn(C)cn3)ccc2O1. The van der Waals surface area contributed by atoms with E-state index >= 15 is 0 Å². The van der Waals surface area contributed by atoms with Gasteiger partial charge in [-0.1, -0.05) is 6.92 Å². The molecule has 1 aliphatic rings. The summed E-state index contributed by atoms with van der Waals surface area (Å²) in [4.78, 5) is 38.5. The third-order valence-electron chi connectivity index (χ3n) is 7.99. The molecular formula is C32H44N6O7S. The van der Waals surface area contributed by atoms with Crippen LogP contribution >= 0.6 is 0 Å². The number of nitrogens with zero attached hydrogens (tertiary/aromatic N) is 5. The van der Waals surface area contributed by atoms with E-state index in [1.54, 1.807) is 67.5 Å². The van der Waals surface area contributed by atoms with Gasteiger partial charge in [0.15, 0.2) is 5.03 Å². The fourth-order valence-electron chi connectivity index (χ4n) is 5.25. The van der Waals surface area contributed by atoms with Crippen molar-refractivity contribution in [3.8, 4) is 5.75 Å². The maximum Gasteiger partial charge on any atom is 0.280 e. The number of rotatable bonds is 8. The van der Waals surface area contributed by atoms with Crippen molar-refractivity contribution in [1.82, 2.24) is 24.3 Å². The molecule has 1 aromatic carbocycles. The third kappa shape index (κ3) is 8.83. The number of imidazole rings is 1. The minimum atomic E-state index is -4.03. The van der Waals surface area contributed by atoms with Gasteiger partial charge in [-0.3, -0.25) is 19.3 Å². The van der Waals surface area contributed by atoms with Crippen molar-refractivity contribution in [3.63, 3.8) is 0 Å². The molecule has 0 spiro atoms. The van der Waals surface area contributed by atoms with E-state index in [9.17, 15) is 23.1 Å². The van der Waals surface area contributed by atoms with Crippen LogP contribution < -0.4 is 9.46 Å². The van der Waals surface area contributed by atoms with Crippen LogP contribution in [0, 0.1) is 5.92 Å². The van der Waals surface area contributed by atoms with Crippen LogP contribution in [-0.4, -0.2) is 101 Å². The van der Waals surface area contributed by atoms with E-state index in [2.05, 4.69) is 14.7 Å². The normalized spacial score (nSPS) is 20.6. The molecule has 2 N–H and O–H groups in total. The number of aliphatic hydroxyl groups is 1. The zero-order valence-corrected chi connectivity index (χ0v) is 27.8. The number of carbonyl (C=O) groups excluding carboxylic acids is 2. The molecule has 46 heavy (non-hydrogen) atoms. The average Bonchev–Trinajstić information content (AvgIpc) is 3.49. The van der Waals surface area contributed by atoms with E-state index in [0.717, 1.165) is 12.8 Å². The first-order valence-corrected chi connectivity index (χ1v) is 16.9. The monoisotopic (exact) mass is 656 g/mol. The average molecular weight is 657 g/mol. The first kappa shape index (κ1) is 34.9. The molecule has 250 valence electrons. The van der Waals surface area contributed by atoms with Crippen molar-refractivity contribution < 1.29 is 32.6 Å². The second-order valence-corrected chi connectivity index (χ2v) is 13.5. The van der Waals surface area contributed by atoms with E-state index in [4.69, 9.17) is 9.47 Å². The van der Waals surface area contributed by atoms with Gasteiger partial charge in [0.1, 0.15) is 5.75 Å². The summed E-state index contributed by atoms with van der Waals surface area (Å²) in [5.41, 5.74) is 0.828. The molecule has 0 radical (unpaired) electrons. The Balaban J connectivity index is 1.66. The van der Waals surface area contributed by atoms with Crippen molar-refractivity contribution in [3.05, 3.63) is 66.4 Å². The Morgan fingerprint density at radius 1 is 1.20 bits per heavy atom. The lowest BCUT2D eigenvalue weighted by Gasteiger charge is -2.36. The van der Waals surface area contributed by atoms with Crippen LogP contribution in [0.15, 0.2) is 60.3 Å². The van der Waals surface area contributed by atoms with E-state index in [1.807, 2.05) is 13.8 Å². The highest BCUT2D eigenvalue weighted by Gasteiger charge is 2.31. The Hall–Kier alpha value is -4.01. The number of nitrogens with one attached hydrogen (secondary N) is 1. The maximum absolute atomic E-state index is 14.3. The first-order valence-electron chi connectivity index (χ1n) is 15.4. The van der Waals surface area contributed by atoms with Crippen LogP contribution in [-0.2, 0) is 21.8 Å². The summed E-state index contributed by atoms with van der Waals surface area (Å²) in [5.74, 6) is -0.544. The Bertz CT molecular complexity index is 1580. The lowest BCUT2D eigenvalue weighted by atomic mass is 10.0. The summed E-state index contributed by atoms with van der Waals surface area (Å²) in [6.07, 6.45) is 7.53. The van der Waals surface area contributed by atoms with Gasteiger partial charge in [0.2, 0.25) is 0 Å². The van der Waals surface area contributed by atoms with Gasteiger partial charge in [0, 0.05) is 69.6 Å². The highest BCUT2D eigenvalue weighted by Crippen LogP contribution is 2.29. The number of fused-ring (bicyclic) bond motifs is 1. The molecule has 0 bridgehead atoms. The molecule has 3 aromatic rings. The molecule has 0 saturated carbocycles. The number of ether oxygens (including phenoxy) is 2. The molecule has 0 aliphatic carbocycles. The topological polar surface area (TPSA) is 156 Å². The second-order valence-electron chi connectivity index (χ2n) is 11.9. The number of benzene rings is 1. The van der Waals surface area contributed by atoms with Gasteiger partial charge >= 0.3 is 0 Å². The molecule has 2 aromatic heterocycles. The molecule has 0 unspecified atom stereocenters. The smallest absolute Gasteiger partial charge is 0.280 e. The van der Waals surface area contributed by atoms with Gasteiger partial charge in [-0.25, -0.2) is 4.98 Å². The summed E-state index contributed by atoms with van der Waals surface area (Å²) < 4.78 is 42.7. The number of sulfonamides is 1. The lowest BCUT2D eigenvalue weighted by Crippen LogP contribution is -2.48. The highest BCUT2D eigenvalue weighted by molar-refractivity contribution is 7.92. The number of anilines is 1. The Morgan fingerprint density at radius 2 is 1.93 bits per heavy atom. The number of hydrogen-bond acceptors (Lipinski definition) is 9. The number of carbonyl (C=O) groups is 2. The van der Waals surface area contributed by atoms with Crippen molar-refractivity contribution in [2.45, 2.75) is 63.3 Å². The van der Waals surface area contributed by atoms with Gasteiger partial charge in [-0.15, -0.1) is 0 Å². The molecule has 3 heterocycles. The second kappa shape index (κ2) is 15.5. The van der Waals surface area contributed by atoms with E-state index in [0.29, 0.717) is 24.3 Å². The van der Waals surface area contributed by atoms with Crippen molar-refractivity contribution in [2.24, 2.45) is 13.0 Å². The standard InChI is InChI=1S/C32H44N6O7S/c1-22-17-38(23(2)20-39)32(41)27-16-26(35-46(42,43)30-19-36(4)21-34-30)9-10-28(27)45-24(3)8-6-7-15-44-29(22)18-37(5)31(40)25-11-13-33-14-12-25/h9-14,16,19,21-24,29,35,39H,6-8,15,17-18,20H2,1-5H3/t22-,23+,24+,29+/m0/s1. The molecule has 1 aliphatic heterocycles. The fraction of sp³-hybridized carbons (Fsp3) is 0.500. The van der Waals surface area contributed by atoms with Gasteiger partial charge in [0.05, 0.1) is 36.7 Å². The van der Waals surface area contributed by atoms with Crippen LogP contribution in [0.4, 0.5) is 5.69 Å². The van der Waals surface area contributed by atoms with Crippen LogP contribution in [0.1, 0.15) is 60.7 Å². The summed E-state index contributed by atoms with van der Waals surface area (Å²) >= 11 is 0. The van der Waals surface area contributed by atoms with Crippen LogP contribution in [0.5, 0.6) is 5.75 Å². The Morgan fingerprint density at radius 3 is 2.61 bits per heavy atom. The predicted molar refractivity (Wildman–Crippen MR) is 172 cm³/mol. The van der Waals surface area contributed by atoms with Crippen molar-refractivity contribution in [2.75, 3.05) is 38.1 Å². The first-order chi connectivity index (χ1) is 21.9. The zero-order valence-electron chi connectivity index (χ0n) is 27.0. The molecule has 4 rings (SSSR count).